The molecule has 0 fully saturated rings. The molecule has 3 amide bonds. The van der Waals surface area contributed by atoms with Gasteiger partial charge in [-0.25, -0.2) is 0 Å². The molecule has 0 unspecified atom stereocenters. The standard InChI is InChI=1S/C31H38N4O3/c32-21-7-6-12-28(33)31(38)34-27-19-17-26(18-20-27)30(37)35-29(36)22-25-15-13-24(14-16-25)11-5-4-10-23-8-2-1-3-9-23/h1-3,8-9,13-20,28H,4-7,10-12,21-22,32-33H2,(H,34,38)(H,35,36,37)/t28-/m0/s1. The number of amides is 3. The van der Waals surface area contributed by atoms with E-state index in [4.69, 9.17) is 11.5 Å². The van der Waals surface area contributed by atoms with E-state index in [1.807, 2.05) is 30.3 Å². The van der Waals surface area contributed by atoms with Crippen LogP contribution in [-0.2, 0) is 28.9 Å². The Balaban J connectivity index is 1.39. The number of hydrogen-bond acceptors (Lipinski definition) is 5. The molecule has 3 rings (SSSR count). The van der Waals surface area contributed by atoms with Crippen LogP contribution < -0.4 is 22.1 Å². The fraction of sp³-hybridized carbons (Fsp3) is 0.323. The molecule has 0 aromatic heterocycles. The number of benzene rings is 3. The fourth-order valence-electron chi connectivity index (χ4n) is 4.13. The maximum absolute atomic E-state index is 12.5. The predicted octanol–water partition coefficient (Wildman–Crippen LogP) is 4.15. The number of nitrogens with two attached hydrogens (primary N) is 2. The van der Waals surface area contributed by atoms with E-state index >= 15 is 0 Å². The minimum atomic E-state index is -0.615. The maximum atomic E-state index is 12.5. The molecule has 1 atom stereocenters. The van der Waals surface area contributed by atoms with Crippen molar-refractivity contribution in [3.8, 4) is 0 Å². The quantitative estimate of drug-likeness (QED) is 0.240. The van der Waals surface area contributed by atoms with E-state index in [-0.39, 0.29) is 18.2 Å². The summed E-state index contributed by atoms with van der Waals surface area (Å²) in [7, 11) is 0. The van der Waals surface area contributed by atoms with Gasteiger partial charge in [-0.2, -0.15) is 0 Å². The number of carbonyl (C=O) groups is 3. The van der Waals surface area contributed by atoms with Gasteiger partial charge in [0.2, 0.25) is 11.8 Å². The molecular formula is C31H38N4O3. The zero-order chi connectivity index (χ0) is 27.2. The number of rotatable bonds is 14. The molecule has 7 nitrogen and oxygen atoms in total. The summed E-state index contributed by atoms with van der Waals surface area (Å²) in [4.78, 5) is 37.1. The van der Waals surface area contributed by atoms with E-state index < -0.39 is 11.9 Å². The van der Waals surface area contributed by atoms with Gasteiger partial charge in [-0.3, -0.25) is 19.7 Å². The molecule has 0 saturated heterocycles. The fourth-order valence-corrected chi connectivity index (χ4v) is 4.13. The number of aryl methyl sites for hydroxylation is 2. The molecule has 6 N–H and O–H groups in total. The Hall–Kier alpha value is -3.81. The van der Waals surface area contributed by atoms with Crippen LogP contribution in [0.1, 0.15) is 59.2 Å². The summed E-state index contributed by atoms with van der Waals surface area (Å²) in [6.07, 6.45) is 6.60. The second-order valence-electron chi connectivity index (χ2n) is 9.52. The zero-order valence-electron chi connectivity index (χ0n) is 21.8. The van der Waals surface area contributed by atoms with E-state index in [2.05, 4.69) is 34.9 Å². The Morgan fingerprint density at radius 1 is 0.711 bits per heavy atom. The Labute approximate surface area is 225 Å². The Bertz CT molecular complexity index is 1160. The molecule has 3 aromatic rings. The highest BCUT2D eigenvalue weighted by molar-refractivity contribution is 6.05. The third-order valence-corrected chi connectivity index (χ3v) is 6.38. The van der Waals surface area contributed by atoms with Gasteiger partial charge >= 0.3 is 0 Å². The molecule has 0 aliphatic carbocycles. The molecule has 0 aliphatic heterocycles. The van der Waals surface area contributed by atoms with Gasteiger partial charge in [-0.05, 0) is 86.0 Å². The van der Waals surface area contributed by atoms with Crippen molar-refractivity contribution in [3.05, 3.63) is 101 Å². The van der Waals surface area contributed by atoms with Crippen LogP contribution in [-0.4, -0.2) is 30.3 Å². The molecule has 0 saturated carbocycles. The van der Waals surface area contributed by atoms with Crippen molar-refractivity contribution >= 4 is 23.4 Å². The van der Waals surface area contributed by atoms with Gasteiger partial charge in [-0.1, -0.05) is 61.0 Å². The summed E-state index contributed by atoms with van der Waals surface area (Å²) in [6.45, 7) is 0.572. The van der Waals surface area contributed by atoms with Crippen LogP contribution >= 0.6 is 0 Å². The van der Waals surface area contributed by atoms with Gasteiger partial charge in [0.15, 0.2) is 0 Å². The number of hydrogen-bond donors (Lipinski definition) is 4. The van der Waals surface area contributed by atoms with Crippen molar-refractivity contribution in [2.75, 3.05) is 11.9 Å². The topological polar surface area (TPSA) is 127 Å². The molecule has 0 spiro atoms. The highest BCUT2D eigenvalue weighted by Crippen LogP contribution is 2.13. The highest BCUT2D eigenvalue weighted by Gasteiger charge is 2.14. The van der Waals surface area contributed by atoms with Crippen LogP contribution in [0.25, 0.3) is 0 Å². The van der Waals surface area contributed by atoms with Crippen molar-refractivity contribution in [1.82, 2.24) is 5.32 Å². The summed E-state index contributed by atoms with van der Waals surface area (Å²) >= 11 is 0. The maximum Gasteiger partial charge on any atom is 0.257 e. The second kappa shape index (κ2) is 15.4. The van der Waals surface area contributed by atoms with Gasteiger partial charge < -0.3 is 16.8 Å². The second-order valence-corrected chi connectivity index (χ2v) is 9.52. The number of imide groups is 1. The first-order valence-electron chi connectivity index (χ1n) is 13.3. The van der Waals surface area contributed by atoms with Crippen LogP contribution in [0.2, 0.25) is 0 Å². The lowest BCUT2D eigenvalue weighted by Gasteiger charge is -2.12. The Morgan fingerprint density at radius 2 is 1.32 bits per heavy atom. The monoisotopic (exact) mass is 514 g/mol. The minimum absolute atomic E-state index is 0.121. The molecule has 200 valence electrons. The van der Waals surface area contributed by atoms with Gasteiger partial charge in [0.25, 0.3) is 5.91 Å². The van der Waals surface area contributed by atoms with Crippen molar-refractivity contribution in [1.29, 1.82) is 0 Å². The van der Waals surface area contributed by atoms with Crippen LogP contribution in [0.3, 0.4) is 0 Å². The van der Waals surface area contributed by atoms with Gasteiger partial charge in [0, 0.05) is 11.3 Å². The summed E-state index contributed by atoms with van der Waals surface area (Å²) < 4.78 is 0. The molecule has 7 heteroatoms. The first kappa shape index (κ1) is 28.8. The number of anilines is 1. The molecule has 0 bridgehead atoms. The predicted molar refractivity (Wildman–Crippen MR) is 152 cm³/mol. The summed E-state index contributed by atoms with van der Waals surface area (Å²) in [5.41, 5.74) is 15.7. The average molecular weight is 515 g/mol. The number of carbonyl (C=O) groups excluding carboxylic acids is 3. The first-order chi connectivity index (χ1) is 18.4. The van der Waals surface area contributed by atoms with E-state index in [0.29, 0.717) is 24.2 Å². The molecule has 0 aliphatic rings. The van der Waals surface area contributed by atoms with Crippen molar-refractivity contribution in [2.45, 2.75) is 57.4 Å². The molecule has 3 aromatic carbocycles. The first-order valence-corrected chi connectivity index (χ1v) is 13.3. The average Bonchev–Trinajstić information content (AvgIpc) is 2.93. The lowest BCUT2D eigenvalue weighted by molar-refractivity contribution is -0.119. The van der Waals surface area contributed by atoms with Crippen LogP contribution in [0.15, 0.2) is 78.9 Å². The third-order valence-electron chi connectivity index (χ3n) is 6.38. The zero-order valence-corrected chi connectivity index (χ0v) is 21.8. The smallest absolute Gasteiger partial charge is 0.257 e. The summed E-state index contributed by atoms with van der Waals surface area (Å²) in [5, 5.41) is 5.17. The van der Waals surface area contributed by atoms with E-state index in [9.17, 15) is 14.4 Å². The van der Waals surface area contributed by atoms with Gasteiger partial charge in [-0.15, -0.1) is 0 Å². The third kappa shape index (κ3) is 9.92. The highest BCUT2D eigenvalue weighted by atomic mass is 16.2. The van der Waals surface area contributed by atoms with E-state index in [1.165, 1.54) is 11.1 Å². The van der Waals surface area contributed by atoms with Crippen LogP contribution in [0.4, 0.5) is 5.69 Å². The van der Waals surface area contributed by atoms with Crippen LogP contribution in [0, 0.1) is 0 Å². The van der Waals surface area contributed by atoms with E-state index in [0.717, 1.165) is 44.1 Å². The molecule has 0 radical (unpaired) electrons. The van der Waals surface area contributed by atoms with Crippen LogP contribution in [0.5, 0.6) is 0 Å². The minimum Gasteiger partial charge on any atom is -0.330 e. The molecule has 38 heavy (non-hydrogen) atoms. The Kier molecular flexibility index (Phi) is 11.7. The summed E-state index contributed by atoms with van der Waals surface area (Å²) in [6, 6.07) is 24.2. The number of unbranched alkanes of at least 4 members (excludes halogenated alkanes) is 2. The largest absolute Gasteiger partial charge is 0.330 e. The van der Waals surface area contributed by atoms with Crippen molar-refractivity contribution in [2.24, 2.45) is 11.5 Å². The SMILES string of the molecule is NCCCC[C@H](N)C(=O)Nc1ccc(C(=O)NC(=O)Cc2ccc(CCCCc3ccccc3)cc2)cc1. The van der Waals surface area contributed by atoms with Gasteiger partial charge in [0.05, 0.1) is 12.5 Å². The number of nitrogens with one attached hydrogen (secondary N) is 2. The van der Waals surface area contributed by atoms with Gasteiger partial charge in [0.1, 0.15) is 0 Å². The van der Waals surface area contributed by atoms with Crippen molar-refractivity contribution in [3.63, 3.8) is 0 Å². The summed E-state index contributed by atoms with van der Waals surface area (Å²) in [5.74, 6) is -1.14. The Morgan fingerprint density at radius 3 is 1.95 bits per heavy atom. The molecule has 0 heterocycles. The lowest BCUT2D eigenvalue weighted by Crippen LogP contribution is -2.35. The lowest BCUT2D eigenvalue weighted by atomic mass is 10.0. The molecular weight excluding hydrogens is 476 g/mol. The van der Waals surface area contributed by atoms with E-state index in [1.54, 1.807) is 24.3 Å². The van der Waals surface area contributed by atoms with Crippen molar-refractivity contribution < 1.29 is 14.4 Å². The normalized spacial score (nSPS) is 11.5.